The SMILES string of the molecule is CC(=O)NCc1cnc2ccc(O)c(CN(C)C)c2c1. The number of fused-ring (bicyclic) bond motifs is 1. The van der Waals surface area contributed by atoms with Gasteiger partial charge in [0.2, 0.25) is 5.91 Å². The summed E-state index contributed by atoms with van der Waals surface area (Å²) >= 11 is 0. The monoisotopic (exact) mass is 273 g/mol. The van der Waals surface area contributed by atoms with Crippen molar-refractivity contribution in [3.05, 3.63) is 35.5 Å². The van der Waals surface area contributed by atoms with Crippen molar-refractivity contribution >= 4 is 16.8 Å². The molecule has 20 heavy (non-hydrogen) atoms. The zero-order valence-corrected chi connectivity index (χ0v) is 12.0. The Morgan fingerprint density at radius 2 is 2.15 bits per heavy atom. The number of benzene rings is 1. The summed E-state index contributed by atoms with van der Waals surface area (Å²) < 4.78 is 0. The fraction of sp³-hybridized carbons (Fsp3) is 0.333. The molecule has 0 bridgehead atoms. The Morgan fingerprint density at radius 3 is 2.80 bits per heavy atom. The van der Waals surface area contributed by atoms with Gasteiger partial charge >= 0.3 is 0 Å². The first-order valence-corrected chi connectivity index (χ1v) is 6.46. The molecule has 0 atom stereocenters. The molecule has 0 saturated carbocycles. The van der Waals surface area contributed by atoms with Gasteiger partial charge in [0, 0.05) is 37.2 Å². The number of hydrogen-bond acceptors (Lipinski definition) is 4. The molecular formula is C15H19N3O2. The minimum absolute atomic E-state index is 0.0745. The highest BCUT2D eigenvalue weighted by atomic mass is 16.3. The van der Waals surface area contributed by atoms with Crippen molar-refractivity contribution in [1.29, 1.82) is 0 Å². The molecule has 1 aromatic heterocycles. The Balaban J connectivity index is 2.44. The van der Waals surface area contributed by atoms with Crippen LogP contribution in [0.1, 0.15) is 18.1 Å². The van der Waals surface area contributed by atoms with Gasteiger partial charge in [0.15, 0.2) is 0 Å². The molecule has 1 amide bonds. The van der Waals surface area contributed by atoms with Gasteiger partial charge in [0.1, 0.15) is 5.75 Å². The third kappa shape index (κ3) is 3.24. The van der Waals surface area contributed by atoms with Gasteiger partial charge in [-0.3, -0.25) is 9.78 Å². The molecule has 2 aromatic rings. The van der Waals surface area contributed by atoms with Crippen molar-refractivity contribution in [2.24, 2.45) is 0 Å². The molecule has 5 heteroatoms. The molecule has 1 aromatic carbocycles. The number of rotatable bonds is 4. The summed E-state index contributed by atoms with van der Waals surface area (Å²) in [6, 6.07) is 5.44. The molecule has 0 saturated heterocycles. The highest BCUT2D eigenvalue weighted by Gasteiger charge is 2.10. The highest BCUT2D eigenvalue weighted by molar-refractivity contribution is 5.85. The van der Waals surface area contributed by atoms with E-state index < -0.39 is 0 Å². The number of aromatic hydroxyl groups is 1. The number of carbonyl (C=O) groups is 1. The maximum atomic E-state index is 11.0. The first-order chi connectivity index (χ1) is 9.47. The zero-order valence-electron chi connectivity index (χ0n) is 12.0. The standard InChI is InChI=1S/C15H19N3O2/c1-10(19)16-7-11-6-12-13(9-18(2)3)15(20)5-4-14(12)17-8-11/h4-6,8,20H,7,9H2,1-3H3,(H,16,19). The molecule has 2 N–H and O–H groups in total. The van der Waals surface area contributed by atoms with E-state index in [-0.39, 0.29) is 11.7 Å². The van der Waals surface area contributed by atoms with Gasteiger partial charge in [0.25, 0.3) is 0 Å². The largest absolute Gasteiger partial charge is 0.508 e. The van der Waals surface area contributed by atoms with Gasteiger partial charge in [-0.2, -0.15) is 0 Å². The van der Waals surface area contributed by atoms with Crippen LogP contribution in [0.25, 0.3) is 10.9 Å². The van der Waals surface area contributed by atoms with Gasteiger partial charge in [-0.05, 0) is 37.9 Å². The lowest BCUT2D eigenvalue weighted by molar-refractivity contribution is -0.119. The third-order valence-corrected chi connectivity index (χ3v) is 3.02. The number of phenolic OH excluding ortho intramolecular Hbond substituents is 1. The number of nitrogens with zero attached hydrogens (tertiary/aromatic N) is 2. The van der Waals surface area contributed by atoms with E-state index in [1.165, 1.54) is 6.92 Å². The van der Waals surface area contributed by atoms with Crippen LogP contribution in [0, 0.1) is 0 Å². The fourth-order valence-electron chi connectivity index (χ4n) is 2.10. The quantitative estimate of drug-likeness (QED) is 0.888. The number of aromatic nitrogens is 1. The van der Waals surface area contributed by atoms with E-state index in [9.17, 15) is 9.90 Å². The lowest BCUT2D eigenvalue weighted by Gasteiger charge is -2.14. The van der Waals surface area contributed by atoms with Crippen LogP contribution < -0.4 is 5.32 Å². The molecule has 1 heterocycles. The average molecular weight is 273 g/mol. The molecule has 0 spiro atoms. The topological polar surface area (TPSA) is 65.5 Å². The molecule has 5 nitrogen and oxygen atoms in total. The van der Waals surface area contributed by atoms with Crippen molar-refractivity contribution in [2.75, 3.05) is 14.1 Å². The average Bonchev–Trinajstić information content (AvgIpc) is 2.39. The van der Waals surface area contributed by atoms with E-state index in [0.717, 1.165) is 22.0 Å². The number of nitrogens with one attached hydrogen (secondary N) is 1. The van der Waals surface area contributed by atoms with Gasteiger partial charge in [-0.15, -0.1) is 0 Å². The minimum Gasteiger partial charge on any atom is -0.508 e. The Hall–Kier alpha value is -2.14. The smallest absolute Gasteiger partial charge is 0.217 e. The number of hydrogen-bond donors (Lipinski definition) is 2. The molecular weight excluding hydrogens is 254 g/mol. The second-order valence-electron chi connectivity index (χ2n) is 5.12. The van der Waals surface area contributed by atoms with Gasteiger partial charge in [0.05, 0.1) is 5.52 Å². The van der Waals surface area contributed by atoms with Crippen molar-refractivity contribution in [2.45, 2.75) is 20.0 Å². The van der Waals surface area contributed by atoms with Gasteiger partial charge in [-0.25, -0.2) is 0 Å². The van der Waals surface area contributed by atoms with Crippen LogP contribution in [0.4, 0.5) is 0 Å². The molecule has 0 fully saturated rings. The number of carbonyl (C=O) groups excluding carboxylic acids is 1. The summed E-state index contributed by atoms with van der Waals surface area (Å²) in [5.41, 5.74) is 2.61. The Kier molecular flexibility index (Phi) is 4.20. The normalized spacial score (nSPS) is 11.0. The van der Waals surface area contributed by atoms with E-state index in [4.69, 9.17) is 0 Å². The van der Waals surface area contributed by atoms with Gasteiger partial charge < -0.3 is 15.3 Å². The van der Waals surface area contributed by atoms with Crippen LogP contribution >= 0.6 is 0 Å². The molecule has 0 aliphatic heterocycles. The second-order valence-corrected chi connectivity index (χ2v) is 5.12. The minimum atomic E-state index is -0.0745. The van der Waals surface area contributed by atoms with Crippen molar-refractivity contribution in [1.82, 2.24) is 15.2 Å². The maximum absolute atomic E-state index is 11.0. The molecule has 2 rings (SSSR count). The van der Waals surface area contributed by atoms with Crippen molar-refractivity contribution in [3.8, 4) is 5.75 Å². The molecule has 0 aliphatic carbocycles. The molecule has 0 radical (unpaired) electrons. The summed E-state index contributed by atoms with van der Waals surface area (Å²) in [6.45, 7) is 2.56. The predicted molar refractivity (Wildman–Crippen MR) is 78.3 cm³/mol. The van der Waals surface area contributed by atoms with E-state index in [2.05, 4.69) is 10.3 Å². The van der Waals surface area contributed by atoms with Crippen LogP contribution in [0.2, 0.25) is 0 Å². The van der Waals surface area contributed by atoms with E-state index in [0.29, 0.717) is 13.1 Å². The van der Waals surface area contributed by atoms with E-state index in [1.54, 1.807) is 18.3 Å². The predicted octanol–water partition coefficient (Wildman–Crippen LogP) is 1.64. The first-order valence-electron chi connectivity index (χ1n) is 6.46. The van der Waals surface area contributed by atoms with E-state index >= 15 is 0 Å². The van der Waals surface area contributed by atoms with E-state index in [1.807, 2.05) is 25.1 Å². The summed E-state index contributed by atoms with van der Waals surface area (Å²) in [6.07, 6.45) is 1.74. The lowest BCUT2D eigenvalue weighted by atomic mass is 10.0. The Bertz CT molecular complexity index is 638. The first kappa shape index (κ1) is 14.3. The van der Waals surface area contributed by atoms with Crippen LogP contribution in [0.15, 0.2) is 24.4 Å². The maximum Gasteiger partial charge on any atom is 0.217 e. The van der Waals surface area contributed by atoms with Crippen molar-refractivity contribution < 1.29 is 9.90 Å². The summed E-state index contributed by atoms with van der Waals surface area (Å²) in [7, 11) is 3.90. The van der Waals surface area contributed by atoms with Crippen LogP contribution in [0.5, 0.6) is 5.75 Å². The highest BCUT2D eigenvalue weighted by Crippen LogP contribution is 2.27. The van der Waals surface area contributed by atoms with Crippen LogP contribution in [0.3, 0.4) is 0 Å². The van der Waals surface area contributed by atoms with Crippen LogP contribution in [-0.2, 0) is 17.9 Å². The van der Waals surface area contributed by atoms with Crippen molar-refractivity contribution in [3.63, 3.8) is 0 Å². The van der Waals surface area contributed by atoms with Crippen LogP contribution in [-0.4, -0.2) is 35.0 Å². The Labute approximate surface area is 118 Å². The molecule has 0 aliphatic rings. The Morgan fingerprint density at radius 1 is 1.40 bits per heavy atom. The second kappa shape index (κ2) is 5.88. The lowest BCUT2D eigenvalue weighted by Crippen LogP contribution is -2.19. The number of phenols is 1. The molecule has 106 valence electrons. The third-order valence-electron chi connectivity index (χ3n) is 3.02. The zero-order chi connectivity index (χ0) is 14.7. The fourth-order valence-corrected chi connectivity index (χ4v) is 2.10. The summed E-state index contributed by atoms with van der Waals surface area (Å²) in [5.74, 6) is 0.194. The van der Waals surface area contributed by atoms with Gasteiger partial charge in [-0.1, -0.05) is 0 Å². The molecule has 0 unspecified atom stereocenters. The number of pyridine rings is 1. The summed E-state index contributed by atoms with van der Waals surface area (Å²) in [5, 5.41) is 13.7. The summed E-state index contributed by atoms with van der Waals surface area (Å²) in [4.78, 5) is 17.4. The number of amides is 1.